The Morgan fingerprint density at radius 3 is 2.55 bits per heavy atom. The number of carbonyl (C=O) groups excluding carboxylic acids is 4. The molecule has 3 aromatic rings. The van der Waals surface area contributed by atoms with Crippen LogP contribution >= 0.6 is 0 Å². The molecule has 1 aromatic heterocycles. The molecule has 33 heavy (non-hydrogen) atoms. The molecule has 1 atom stereocenters. The second-order valence-electron chi connectivity index (χ2n) is 7.85. The first-order valence-corrected chi connectivity index (χ1v) is 10.7. The molecule has 9 nitrogen and oxygen atoms in total. The monoisotopic (exact) mass is 447 g/mol. The van der Waals surface area contributed by atoms with Gasteiger partial charge in [-0.25, -0.2) is 0 Å². The lowest BCUT2D eigenvalue weighted by molar-refractivity contribution is -0.121. The molecule has 0 saturated carbocycles. The number of benzene rings is 2. The van der Waals surface area contributed by atoms with Gasteiger partial charge in [-0.3, -0.25) is 19.2 Å². The summed E-state index contributed by atoms with van der Waals surface area (Å²) in [4.78, 5) is 49.4. The highest BCUT2D eigenvalue weighted by Gasteiger charge is 2.27. The van der Waals surface area contributed by atoms with Gasteiger partial charge in [-0.05, 0) is 30.7 Å². The van der Waals surface area contributed by atoms with E-state index in [0.717, 1.165) is 10.9 Å². The van der Waals surface area contributed by atoms with Gasteiger partial charge >= 0.3 is 0 Å². The number of aryl methyl sites for hydroxylation is 1. The van der Waals surface area contributed by atoms with Gasteiger partial charge in [0.25, 0.3) is 11.8 Å². The van der Waals surface area contributed by atoms with Crippen LogP contribution in [0.25, 0.3) is 10.9 Å². The van der Waals surface area contributed by atoms with E-state index in [0.29, 0.717) is 16.9 Å². The number of amides is 4. The molecule has 1 aliphatic rings. The summed E-state index contributed by atoms with van der Waals surface area (Å²) in [6.07, 6.45) is 0.228. The normalized spacial score (nSPS) is 15.2. The number of hydrogen-bond acceptors (Lipinski definition) is 4. The highest BCUT2D eigenvalue weighted by Crippen LogP contribution is 2.19. The van der Waals surface area contributed by atoms with Crippen molar-refractivity contribution in [3.63, 3.8) is 0 Å². The molecule has 0 bridgehead atoms. The van der Waals surface area contributed by atoms with Gasteiger partial charge in [0.2, 0.25) is 11.8 Å². The van der Waals surface area contributed by atoms with Crippen molar-refractivity contribution >= 4 is 40.2 Å². The predicted octanol–water partition coefficient (Wildman–Crippen LogP) is 1.56. The lowest BCUT2D eigenvalue weighted by Gasteiger charge is -2.14. The van der Waals surface area contributed by atoms with Gasteiger partial charge in [0.15, 0.2) is 0 Å². The highest BCUT2D eigenvalue weighted by atomic mass is 16.2. The molecule has 4 N–H and O–H groups in total. The minimum atomic E-state index is -0.804. The SMILES string of the molecule is Cn1c(C(=O)NCCNC(=O)CCC2NC(=O)c3ccccc3NC2=O)cc2ccccc21. The first-order valence-electron chi connectivity index (χ1n) is 10.7. The van der Waals surface area contributed by atoms with Crippen molar-refractivity contribution in [1.82, 2.24) is 20.5 Å². The van der Waals surface area contributed by atoms with Crippen LogP contribution < -0.4 is 21.3 Å². The Kier molecular flexibility index (Phi) is 6.39. The number of rotatable bonds is 7. The molecule has 0 spiro atoms. The maximum atomic E-state index is 12.5. The maximum absolute atomic E-state index is 12.5. The van der Waals surface area contributed by atoms with Crippen molar-refractivity contribution in [2.24, 2.45) is 7.05 Å². The van der Waals surface area contributed by atoms with Crippen LogP contribution in [0, 0.1) is 0 Å². The van der Waals surface area contributed by atoms with Crippen LogP contribution in [0.4, 0.5) is 5.69 Å². The fraction of sp³-hybridized carbons (Fsp3) is 0.250. The topological polar surface area (TPSA) is 121 Å². The van der Waals surface area contributed by atoms with Crippen LogP contribution in [0.1, 0.15) is 33.7 Å². The Hall–Kier alpha value is -4.14. The molecular formula is C24H25N5O4. The van der Waals surface area contributed by atoms with Crippen molar-refractivity contribution in [2.45, 2.75) is 18.9 Å². The zero-order chi connectivity index (χ0) is 23.4. The van der Waals surface area contributed by atoms with E-state index in [1.54, 1.807) is 24.3 Å². The van der Waals surface area contributed by atoms with Crippen molar-refractivity contribution in [3.05, 3.63) is 65.9 Å². The minimum Gasteiger partial charge on any atom is -0.354 e. The molecule has 2 heterocycles. The third-order valence-electron chi connectivity index (χ3n) is 5.63. The molecule has 4 rings (SSSR count). The molecular weight excluding hydrogens is 422 g/mol. The summed E-state index contributed by atoms with van der Waals surface area (Å²) in [6.45, 7) is 0.519. The molecule has 1 unspecified atom stereocenters. The van der Waals surface area contributed by atoms with E-state index in [2.05, 4.69) is 21.3 Å². The Labute approximate surface area is 190 Å². The molecule has 1 aliphatic heterocycles. The summed E-state index contributed by atoms with van der Waals surface area (Å²) in [5.41, 5.74) is 2.35. The molecule has 9 heteroatoms. The number of aromatic nitrogens is 1. The van der Waals surface area contributed by atoms with Gasteiger partial charge in [-0.1, -0.05) is 30.3 Å². The molecule has 0 fully saturated rings. The number of nitrogens with zero attached hydrogens (tertiary/aromatic N) is 1. The third kappa shape index (κ3) is 4.87. The summed E-state index contributed by atoms with van der Waals surface area (Å²) in [6, 6.07) is 15.5. The third-order valence-corrected chi connectivity index (χ3v) is 5.63. The first kappa shape index (κ1) is 22.1. The Morgan fingerprint density at radius 2 is 1.73 bits per heavy atom. The lowest BCUT2D eigenvalue weighted by atomic mass is 10.1. The molecule has 170 valence electrons. The van der Waals surface area contributed by atoms with Crippen LogP contribution in [0.5, 0.6) is 0 Å². The standard InChI is InChI=1S/C24H25N5O4/c1-29-19-9-5-2-6-15(19)14-20(29)24(33)26-13-12-25-21(30)11-10-18-23(32)27-17-8-4-3-7-16(17)22(31)28-18/h2-9,14,18H,10-13H2,1H3,(H,25,30)(H,26,33)(H,27,32)(H,28,31). The van der Waals surface area contributed by atoms with E-state index in [1.165, 1.54) is 0 Å². The molecule has 2 aromatic carbocycles. The number of carbonyl (C=O) groups is 4. The fourth-order valence-corrected chi connectivity index (χ4v) is 3.85. The summed E-state index contributed by atoms with van der Waals surface area (Å²) in [5.74, 6) is -1.20. The summed E-state index contributed by atoms with van der Waals surface area (Å²) < 4.78 is 1.83. The van der Waals surface area contributed by atoms with E-state index in [9.17, 15) is 19.2 Å². The van der Waals surface area contributed by atoms with E-state index < -0.39 is 6.04 Å². The Morgan fingerprint density at radius 1 is 1.00 bits per heavy atom. The molecule has 0 aliphatic carbocycles. The predicted molar refractivity (Wildman–Crippen MR) is 124 cm³/mol. The van der Waals surface area contributed by atoms with Crippen molar-refractivity contribution < 1.29 is 19.2 Å². The number of hydrogen-bond donors (Lipinski definition) is 4. The van der Waals surface area contributed by atoms with Gasteiger partial charge in [0.1, 0.15) is 11.7 Å². The quantitative estimate of drug-likeness (QED) is 0.411. The maximum Gasteiger partial charge on any atom is 0.267 e. The van der Waals surface area contributed by atoms with Crippen LogP contribution in [0.2, 0.25) is 0 Å². The number of para-hydroxylation sites is 2. The average Bonchev–Trinajstić information content (AvgIpc) is 3.09. The van der Waals surface area contributed by atoms with Crippen LogP contribution in [0.15, 0.2) is 54.6 Å². The summed E-state index contributed by atoms with van der Waals surface area (Å²) in [7, 11) is 1.83. The smallest absolute Gasteiger partial charge is 0.267 e. The number of fused-ring (bicyclic) bond motifs is 2. The Bertz CT molecular complexity index is 1230. The zero-order valence-corrected chi connectivity index (χ0v) is 18.2. The summed E-state index contributed by atoms with van der Waals surface area (Å²) in [5, 5.41) is 11.9. The second kappa shape index (κ2) is 9.56. The van der Waals surface area contributed by atoms with Crippen LogP contribution in [0.3, 0.4) is 0 Å². The van der Waals surface area contributed by atoms with E-state index in [-0.39, 0.29) is 49.6 Å². The van der Waals surface area contributed by atoms with Crippen molar-refractivity contribution in [1.29, 1.82) is 0 Å². The van der Waals surface area contributed by atoms with Gasteiger partial charge in [-0.15, -0.1) is 0 Å². The van der Waals surface area contributed by atoms with Crippen molar-refractivity contribution in [2.75, 3.05) is 18.4 Å². The average molecular weight is 447 g/mol. The van der Waals surface area contributed by atoms with Crippen LogP contribution in [-0.2, 0) is 16.6 Å². The first-order chi connectivity index (χ1) is 15.9. The molecule has 4 amide bonds. The minimum absolute atomic E-state index is 0.0614. The molecule has 0 radical (unpaired) electrons. The second-order valence-corrected chi connectivity index (χ2v) is 7.85. The largest absolute Gasteiger partial charge is 0.354 e. The van der Waals surface area contributed by atoms with Crippen molar-refractivity contribution in [3.8, 4) is 0 Å². The van der Waals surface area contributed by atoms with Crippen LogP contribution in [-0.4, -0.2) is 47.3 Å². The number of anilines is 1. The van der Waals surface area contributed by atoms with Gasteiger partial charge in [-0.2, -0.15) is 0 Å². The van der Waals surface area contributed by atoms with Gasteiger partial charge in [0, 0.05) is 37.5 Å². The number of nitrogens with one attached hydrogen (secondary N) is 4. The van der Waals surface area contributed by atoms with E-state index in [4.69, 9.17) is 0 Å². The van der Waals surface area contributed by atoms with Gasteiger partial charge in [0.05, 0.1) is 11.3 Å². The Balaban J connectivity index is 1.21. The van der Waals surface area contributed by atoms with E-state index in [1.807, 2.05) is 41.9 Å². The lowest BCUT2D eigenvalue weighted by Crippen LogP contribution is -2.42. The zero-order valence-electron chi connectivity index (χ0n) is 18.2. The van der Waals surface area contributed by atoms with E-state index >= 15 is 0 Å². The van der Waals surface area contributed by atoms with Gasteiger partial charge < -0.3 is 25.8 Å². The highest BCUT2D eigenvalue weighted by molar-refractivity contribution is 6.09. The molecule has 0 saturated heterocycles. The summed E-state index contributed by atoms with van der Waals surface area (Å²) >= 11 is 0. The fourth-order valence-electron chi connectivity index (χ4n) is 3.85.